The van der Waals surface area contributed by atoms with E-state index in [-0.39, 0.29) is 0 Å². The highest BCUT2D eigenvalue weighted by Gasteiger charge is 2.10. The highest BCUT2D eigenvalue weighted by molar-refractivity contribution is 5.42. The number of ether oxygens (including phenoxy) is 1. The first kappa shape index (κ1) is 16.5. The number of benzene rings is 1. The molecule has 0 bridgehead atoms. The Morgan fingerprint density at radius 3 is 2.50 bits per heavy atom. The van der Waals surface area contributed by atoms with Crippen LogP contribution in [0.5, 0.6) is 5.75 Å². The normalized spacial score (nSPS) is 10.8. The first-order valence-corrected chi connectivity index (χ1v) is 7.59. The molecule has 1 rings (SSSR count). The van der Waals surface area contributed by atoms with Crippen LogP contribution >= 0.6 is 0 Å². The van der Waals surface area contributed by atoms with E-state index in [0.29, 0.717) is 17.9 Å². The average molecular weight is 274 g/mol. The summed E-state index contributed by atoms with van der Waals surface area (Å²) in [4.78, 5) is 2.42. The van der Waals surface area contributed by atoms with Gasteiger partial charge in [-0.15, -0.1) is 0 Å². The smallest absolute Gasteiger partial charge is 0.137 e. The first-order valence-electron chi connectivity index (χ1n) is 7.59. The van der Waals surface area contributed by atoms with E-state index in [0.717, 1.165) is 25.6 Å². The summed E-state index contributed by atoms with van der Waals surface area (Å²) in [5.41, 5.74) is 0.607. The maximum absolute atomic E-state index is 9.02. The van der Waals surface area contributed by atoms with Crippen LogP contribution in [-0.2, 0) is 0 Å². The number of hydrogen-bond acceptors (Lipinski definition) is 3. The van der Waals surface area contributed by atoms with E-state index in [9.17, 15) is 0 Å². The van der Waals surface area contributed by atoms with Gasteiger partial charge >= 0.3 is 0 Å². The zero-order valence-corrected chi connectivity index (χ0v) is 12.9. The summed E-state index contributed by atoms with van der Waals surface area (Å²) < 4.78 is 5.75. The molecule has 0 atom stereocenters. The fourth-order valence-electron chi connectivity index (χ4n) is 2.26. The molecule has 0 aliphatic rings. The maximum atomic E-state index is 9.02. The third kappa shape index (κ3) is 5.22. The lowest BCUT2D eigenvalue weighted by atomic mass is 10.0. The second-order valence-corrected chi connectivity index (χ2v) is 5.03. The number of rotatable bonds is 9. The Hall–Kier alpha value is -1.53. The van der Waals surface area contributed by atoms with Crippen LogP contribution in [-0.4, -0.2) is 31.1 Å². The quantitative estimate of drug-likeness (QED) is 0.689. The van der Waals surface area contributed by atoms with Crippen molar-refractivity contribution in [3.8, 4) is 11.8 Å². The van der Waals surface area contributed by atoms with Crippen molar-refractivity contribution in [2.24, 2.45) is 5.92 Å². The molecule has 1 aromatic rings. The van der Waals surface area contributed by atoms with E-state index in [4.69, 9.17) is 10.00 Å². The summed E-state index contributed by atoms with van der Waals surface area (Å²) in [6.07, 6.45) is 2.45. The van der Waals surface area contributed by atoms with Crippen LogP contribution in [0, 0.1) is 17.2 Å². The van der Waals surface area contributed by atoms with E-state index >= 15 is 0 Å². The lowest BCUT2D eigenvalue weighted by molar-refractivity contribution is 0.188. The van der Waals surface area contributed by atoms with Crippen LogP contribution in [0.4, 0.5) is 0 Å². The minimum atomic E-state index is 0.607. The van der Waals surface area contributed by atoms with E-state index in [1.165, 1.54) is 12.8 Å². The van der Waals surface area contributed by atoms with Crippen LogP contribution in [0.3, 0.4) is 0 Å². The molecule has 0 N–H and O–H groups in total. The molecule has 0 spiro atoms. The fraction of sp³-hybridized carbons (Fsp3) is 0.588. The Labute approximate surface area is 123 Å². The third-order valence-electron chi connectivity index (χ3n) is 3.79. The van der Waals surface area contributed by atoms with Gasteiger partial charge in [-0.2, -0.15) is 5.26 Å². The number of nitrogens with zero attached hydrogens (tertiary/aromatic N) is 2. The zero-order valence-electron chi connectivity index (χ0n) is 12.9. The predicted octanol–water partition coefficient (Wildman–Crippen LogP) is 3.70. The van der Waals surface area contributed by atoms with Gasteiger partial charge in [0.2, 0.25) is 0 Å². The SMILES string of the molecule is CCC(CC)CN(CC)CCOc1ccccc1C#N. The Morgan fingerprint density at radius 2 is 1.90 bits per heavy atom. The fourth-order valence-corrected chi connectivity index (χ4v) is 2.26. The summed E-state index contributed by atoms with van der Waals surface area (Å²) in [7, 11) is 0. The number of likely N-dealkylation sites (N-methyl/N-ethyl adjacent to an activating group) is 1. The molecular weight excluding hydrogens is 248 g/mol. The minimum absolute atomic E-state index is 0.607. The summed E-state index contributed by atoms with van der Waals surface area (Å²) in [5, 5.41) is 9.02. The molecule has 3 heteroatoms. The molecule has 0 heterocycles. The van der Waals surface area contributed by atoms with Crippen molar-refractivity contribution in [2.75, 3.05) is 26.2 Å². The van der Waals surface area contributed by atoms with Crippen molar-refractivity contribution in [1.82, 2.24) is 4.90 Å². The average Bonchev–Trinajstić information content (AvgIpc) is 2.51. The van der Waals surface area contributed by atoms with Crippen molar-refractivity contribution in [1.29, 1.82) is 5.26 Å². The van der Waals surface area contributed by atoms with Gasteiger partial charge in [0.05, 0.1) is 5.56 Å². The van der Waals surface area contributed by atoms with Gasteiger partial charge in [0.25, 0.3) is 0 Å². The second kappa shape index (κ2) is 9.39. The lowest BCUT2D eigenvalue weighted by Gasteiger charge is -2.25. The molecule has 0 unspecified atom stereocenters. The summed E-state index contributed by atoms with van der Waals surface area (Å²) >= 11 is 0. The molecule has 20 heavy (non-hydrogen) atoms. The van der Waals surface area contributed by atoms with Crippen LogP contribution in [0.2, 0.25) is 0 Å². The monoisotopic (exact) mass is 274 g/mol. The molecule has 110 valence electrons. The van der Waals surface area contributed by atoms with Crippen molar-refractivity contribution < 1.29 is 4.74 Å². The van der Waals surface area contributed by atoms with Crippen molar-refractivity contribution in [2.45, 2.75) is 33.6 Å². The van der Waals surface area contributed by atoms with E-state index in [1.54, 1.807) is 6.07 Å². The van der Waals surface area contributed by atoms with Crippen molar-refractivity contribution >= 4 is 0 Å². The van der Waals surface area contributed by atoms with E-state index < -0.39 is 0 Å². The molecule has 3 nitrogen and oxygen atoms in total. The largest absolute Gasteiger partial charge is 0.491 e. The van der Waals surface area contributed by atoms with Gasteiger partial charge in [-0.1, -0.05) is 45.7 Å². The number of nitriles is 1. The highest BCUT2D eigenvalue weighted by Crippen LogP contribution is 2.16. The van der Waals surface area contributed by atoms with Gasteiger partial charge in [0.1, 0.15) is 18.4 Å². The summed E-state index contributed by atoms with van der Waals surface area (Å²) in [6, 6.07) is 9.56. The van der Waals surface area contributed by atoms with Gasteiger partial charge in [-0.3, -0.25) is 4.90 Å². The van der Waals surface area contributed by atoms with Crippen LogP contribution in [0.15, 0.2) is 24.3 Å². The molecular formula is C17H26N2O. The standard InChI is InChI=1S/C17H26N2O/c1-4-15(5-2)14-19(6-3)11-12-20-17-10-8-7-9-16(17)13-18/h7-10,15H,4-6,11-12,14H2,1-3H3. The molecule has 0 aromatic heterocycles. The van der Waals surface area contributed by atoms with Gasteiger partial charge in [-0.25, -0.2) is 0 Å². The van der Waals surface area contributed by atoms with Gasteiger partial charge in [0.15, 0.2) is 0 Å². The van der Waals surface area contributed by atoms with E-state index in [2.05, 4.69) is 31.7 Å². The second-order valence-electron chi connectivity index (χ2n) is 5.03. The molecule has 0 aliphatic heterocycles. The molecule has 0 amide bonds. The molecule has 0 saturated carbocycles. The van der Waals surface area contributed by atoms with Crippen LogP contribution < -0.4 is 4.74 Å². The Balaban J connectivity index is 2.43. The van der Waals surface area contributed by atoms with Gasteiger partial charge in [0, 0.05) is 13.1 Å². The van der Waals surface area contributed by atoms with Crippen LogP contribution in [0.25, 0.3) is 0 Å². The Kier molecular flexibility index (Phi) is 7.75. The van der Waals surface area contributed by atoms with Crippen molar-refractivity contribution in [3.63, 3.8) is 0 Å². The molecule has 0 fully saturated rings. The van der Waals surface area contributed by atoms with E-state index in [1.807, 2.05) is 18.2 Å². The van der Waals surface area contributed by atoms with Crippen LogP contribution in [0.1, 0.15) is 39.2 Å². The molecule has 0 aliphatic carbocycles. The van der Waals surface area contributed by atoms with Gasteiger partial charge in [-0.05, 0) is 24.6 Å². The zero-order chi connectivity index (χ0) is 14.8. The highest BCUT2D eigenvalue weighted by atomic mass is 16.5. The molecule has 1 aromatic carbocycles. The Morgan fingerprint density at radius 1 is 1.20 bits per heavy atom. The summed E-state index contributed by atoms with van der Waals surface area (Å²) in [6.45, 7) is 10.4. The topological polar surface area (TPSA) is 36.3 Å². The molecule has 0 radical (unpaired) electrons. The summed E-state index contributed by atoms with van der Waals surface area (Å²) in [5.74, 6) is 1.45. The minimum Gasteiger partial charge on any atom is -0.491 e. The maximum Gasteiger partial charge on any atom is 0.137 e. The Bertz CT molecular complexity index is 421. The lowest BCUT2D eigenvalue weighted by Crippen LogP contribution is -2.32. The molecule has 0 saturated heterocycles. The predicted molar refractivity (Wildman–Crippen MR) is 82.8 cm³/mol. The number of hydrogen-bond donors (Lipinski definition) is 0. The van der Waals surface area contributed by atoms with Crippen molar-refractivity contribution in [3.05, 3.63) is 29.8 Å². The third-order valence-corrected chi connectivity index (χ3v) is 3.79. The number of para-hydroxylation sites is 1. The van der Waals surface area contributed by atoms with Gasteiger partial charge < -0.3 is 4.74 Å². The first-order chi connectivity index (χ1) is 9.74.